The number of allylic oxidation sites excluding steroid dienone is 1. The molecule has 5 nitrogen and oxygen atoms in total. The van der Waals surface area contributed by atoms with Gasteiger partial charge in [-0.25, -0.2) is 4.39 Å². The maximum absolute atomic E-state index is 13.7. The van der Waals surface area contributed by atoms with Crippen molar-refractivity contribution >= 4 is 11.8 Å². The zero-order valence-electron chi connectivity index (χ0n) is 18.1. The summed E-state index contributed by atoms with van der Waals surface area (Å²) in [6, 6.07) is 24.4. The Bertz CT molecular complexity index is 1200. The van der Waals surface area contributed by atoms with Crippen molar-refractivity contribution in [1.29, 1.82) is 0 Å². The van der Waals surface area contributed by atoms with Crippen molar-refractivity contribution in [3.05, 3.63) is 103 Å². The monoisotopic (exact) mass is 461 g/mol. The Morgan fingerprint density at radius 3 is 2.39 bits per heavy atom. The Kier molecular flexibility index (Phi) is 7.76. The molecular weight excluding hydrogens is 437 g/mol. The number of ether oxygens (including phenoxy) is 2. The smallest absolute Gasteiger partial charge is 0.191 e. The number of hydrogen-bond acceptors (Lipinski definition) is 5. The number of para-hydroxylation sites is 2. The number of hydrogen-bond donors (Lipinski definition) is 0. The van der Waals surface area contributed by atoms with Gasteiger partial charge < -0.3 is 9.47 Å². The van der Waals surface area contributed by atoms with E-state index < -0.39 is 0 Å². The summed E-state index contributed by atoms with van der Waals surface area (Å²) in [5, 5.41) is 9.37. The highest BCUT2D eigenvalue weighted by molar-refractivity contribution is 7.99. The van der Waals surface area contributed by atoms with Crippen molar-refractivity contribution in [2.45, 2.75) is 18.3 Å². The fraction of sp³-hybridized carbons (Fsp3) is 0.154. The van der Waals surface area contributed by atoms with Gasteiger partial charge in [0.25, 0.3) is 0 Å². The predicted octanol–water partition coefficient (Wildman–Crippen LogP) is 6.02. The highest BCUT2D eigenvalue weighted by Crippen LogP contribution is 2.30. The lowest BCUT2D eigenvalue weighted by Gasteiger charge is -2.12. The Morgan fingerprint density at radius 2 is 1.61 bits per heavy atom. The number of aromatic nitrogens is 3. The second kappa shape index (κ2) is 11.3. The van der Waals surface area contributed by atoms with Gasteiger partial charge in [0.2, 0.25) is 0 Å². The Morgan fingerprint density at radius 1 is 0.879 bits per heavy atom. The van der Waals surface area contributed by atoms with Crippen molar-refractivity contribution in [1.82, 2.24) is 14.8 Å². The molecule has 33 heavy (non-hydrogen) atoms. The van der Waals surface area contributed by atoms with Crippen molar-refractivity contribution in [3.63, 3.8) is 0 Å². The first-order valence-corrected chi connectivity index (χ1v) is 11.5. The van der Waals surface area contributed by atoms with E-state index in [2.05, 4.69) is 28.9 Å². The van der Waals surface area contributed by atoms with E-state index in [0.717, 1.165) is 22.0 Å². The first-order valence-electron chi connectivity index (χ1n) is 10.6. The summed E-state index contributed by atoms with van der Waals surface area (Å²) in [5.74, 6) is 1.96. The largest absolute Gasteiger partial charge is 0.490 e. The summed E-state index contributed by atoms with van der Waals surface area (Å²) in [4.78, 5) is 0. The van der Waals surface area contributed by atoms with Crippen LogP contribution in [0.15, 0.2) is 96.7 Å². The van der Waals surface area contributed by atoms with Crippen LogP contribution in [-0.2, 0) is 13.2 Å². The lowest BCUT2D eigenvalue weighted by molar-refractivity contribution is 0.290. The SMILES string of the molecule is C=CCn1c(COc2ccccc2-c2ccccc2)nnc1SCCOc1ccccc1F. The first kappa shape index (κ1) is 22.6. The van der Waals surface area contributed by atoms with Crippen molar-refractivity contribution in [3.8, 4) is 22.6 Å². The highest BCUT2D eigenvalue weighted by atomic mass is 32.2. The standard InChI is InChI=1S/C26H24FN3O2S/c1-2-16-30-25(19-32-23-14-8-6-12-21(23)20-10-4-3-5-11-20)28-29-26(30)33-18-17-31-24-15-9-7-13-22(24)27/h2-15H,1,16-19H2. The molecule has 168 valence electrons. The maximum Gasteiger partial charge on any atom is 0.191 e. The summed E-state index contributed by atoms with van der Waals surface area (Å²) >= 11 is 1.49. The second-order valence-electron chi connectivity index (χ2n) is 7.08. The van der Waals surface area contributed by atoms with Gasteiger partial charge in [0.15, 0.2) is 22.5 Å². The zero-order chi connectivity index (χ0) is 22.9. The Hall–Kier alpha value is -3.58. The third-order valence-corrected chi connectivity index (χ3v) is 5.77. The summed E-state index contributed by atoms with van der Waals surface area (Å²) in [5.41, 5.74) is 2.11. The van der Waals surface area contributed by atoms with Gasteiger partial charge in [-0.3, -0.25) is 4.57 Å². The zero-order valence-corrected chi connectivity index (χ0v) is 18.9. The molecule has 0 unspecified atom stereocenters. The third-order valence-electron chi connectivity index (χ3n) is 4.84. The van der Waals surface area contributed by atoms with Gasteiger partial charge in [0, 0.05) is 17.9 Å². The molecule has 0 fully saturated rings. The molecule has 1 heterocycles. The molecule has 1 aromatic heterocycles. The van der Waals surface area contributed by atoms with Crippen molar-refractivity contribution in [2.24, 2.45) is 0 Å². The van der Waals surface area contributed by atoms with Crippen LogP contribution in [0.2, 0.25) is 0 Å². The molecule has 4 rings (SSSR count). The minimum atomic E-state index is -0.368. The number of nitrogens with zero attached hydrogens (tertiary/aromatic N) is 3. The summed E-state index contributed by atoms with van der Waals surface area (Å²) in [6.45, 7) is 5.03. The van der Waals surface area contributed by atoms with Gasteiger partial charge in [-0.2, -0.15) is 0 Å². The molecule has 0 aliphatic carbocycles. The van der Waals surface area contributed by atoms with E-state index >= 15 is 0 Å². The normalized spacial score (nSPS) is 10.7. The van der Waals surface area contributed by atoms with Crippen molar-refractivity contribution in [2.75, 3.05) is 12.4 Å². The molecule has 0 amide bonds. The van der Waals surface area contributed by atoms with Gasteiger partial charge in [0.05, 0.1) is 6.61 Å². The predicted molar refractivity (Wildman–Crippen MR) is 129 cm³/mol. The average molecular weight is 462 g/mol. The molecule has 7 heteroatoms. The molecule has 3 aromatic carbocycles. The molecule has 0 spiro atoms. The van der Waals surface area contributed by atoms with E-state index in [1.807, 2.05) is 47.0 Å². The van der Waals surface area contributed by atoms with Crippen LogP contribution in [0.5, 0.6) is 11.5 Å². The van der Waals surface area contributed by atoms with E-state index in [1.165, 1.54) is 17.8 Å². The first-order chi connectivity index (χ1) is 16.3. The second-order valence-corrected chi connectivity index (χ2v) is 8.14. The molecule has 0 bridgehead atoms. The molecule has 0 radical (unpaired) electrons. The van der Waals surface area contributed by atoms with Crippen LogP contribution in [0.1, 0.15) is 5.82 Å². The molecule has 0 aliphatic rings. The lowest BCUT2D eigenvalue weighted by Crippen LogP contribution is -2.09. The van der Waals surface area contributed by atoms with E-state index in [0.29, 0.717) is 24.7 Å². The molecule has 0 saturated carbocycles. The average Bonchev–Trinajstić information content (AvgIpc) is 3.24. The van der Waals surface area contributed by atoms with Gasteiger partial charge in [-0.1, -0.05) is 78.5 Å². The topological polar surface area (TPSA) is 49.2 Å². The summed E-state index contributed by atoms with van der Waals surface area (Å²) in [6.07, 6.45) is 1.80. The maximum atomic E-state index is 13.7. The van der Waals surface area contributed by atoms with Crippen LogP contribution in [0.25, 0.3) is 11.1 Å². The molecule has 4 aromatic rings. The van der Waals surface area contributed by atoms with Crippen molar-refractivity contribution < 1.29 is 13.9 Å². The van der Waals surface area contributed by atoms with Crippen LogP contribution < -0.4 is 9.47 Å². The van der Waals surface area contributed by atoms with Crippen LogP contribution in [-0.4, -0.2) is 27.1 Å². The van der Waals surface area contributed by atoms with Gasteiger partial charge in [-0.15, -0.1) is 16.8 Å². The summed E-state index contributed by atoms with van der Waals surface area (Å²) in [7, 11) is 0. The molecule has 0 atom stereocenters. The third kappa shape index (κ3) is 5.81. The van der Waals surface area contributed by atoms with E-state index in [9.17, 15) is 4.39 Å². The molecule has 0 saturated heterocycles. The van der Waals surface area contributed by atoms with Crippen LogP contribution >= 0.6 is 11.8 Å². The number of thioether (sulfide) groups is 1. The van der Waals surface area contributed by atoms with Crippen LogP contribution in [0.4, 0.5) is 4.39 Å². The lowest BCUT2D eigenvalue weighted by atomic mass is 10.1. The molecular formula is C26H24FN3O2S. The van der Waals surface area contributed by atoms with Crippen LogP contribution in [0, 0.1) is 5.82 Å². The summed E-state index contributed by atoms with van der Waals surface area (Å²) < 4.78 is 27.3. The minimum absolute atomic E-state index is 0.247. The van der Waals surface area contributed by atoms with E-state index in [4.69, 9.17) is 9.47 Å². The fourth-order valence-corrected chi connectivity index (χ4v) is 4.07. The van der Waals surface area contributed by atoms with E-state index in [-0.39, 0.29) is 18.2 Å². The van der Waals surface area contributed by atoms with E-state index in [1.54, 1.807) is 24.3 Å². The molecule has 0 N–H and O–H groups in total. The van der Waals surface area contributed by atoms with Gasteiger partial charge in [0.1, 0.15) is 12.4 Å². The fourth-order valence-electron chi connectivity index (χ4n) is 3.28. The van der Waals surface area contributed by atoms with Crippen LogP contribution in [0.3, 0.4) is 0 Å². The number of benzene rings is 3. The number of halogens is 1. The van der Waals surface area contributed by atoms with Gasteiger partial charge >= 0.3 is 0 Å². The van der Waals surface area contributed by atoms with Gasteiger partial charge in [-0.05, 0) is 23.8 Å². The molecule has 0 aliphatic heterocycles. The quantitative estimate of drug-likeness (QED) is 0.155. The minimum Gasteiger partial charge on any atom is -0.490 e. The number of rotatable bonds is 11. The Labute approximate surface area is 196 Å². The highest BCUT2D eigenvalue weighted by Gasteiger charge is 2.14. The Balaban J connectivity index is 1.40.